The van der Waals surface area contributed by atoms with Gasteiger partial charge in [-0.25, -0.2) is 0 Å². The Morgan fingerprint density at radius 2 is 1.45 bits per heavy atom. The molecule has 9 heteroatoms. The van der Waals surface area contributed by atoms with Crippen LogP contribution in [-0.4, -0.2) is 55.3 Å². The number of fused-ring (bicyclic) bond motifs is 1. The first kappa shape index (κ1) is 25.5. The Balaban J connectivity index is 1.62. The number of aromatic nitrogens is 3. The molecule has 0 radical (unpaired) electrons. The van der Waals surface area contributed by atoms with Crippen LogP contribution in [0, 0.1) is 0 Å². The highest BCUT2D eigenvalue weighted by Crippen LogP contribution is 2.28. The molecule has 3 aromatic carbocycles. The fourth-order valence-corrected chi connectivity index (χ4v) is 4.81. The molecule has 0 N–H and O–H groups in total. The van der Waals surface area contributed by atoms with E-state index in [4.69, 9.17) is 11.6 Å². The Morgan fingerprint density at radius 1 is 0.842 bits per heavy atom. The summed E-state index contributed by atoms with van der Waals surface area (Å²) in [6.07, 6.45) is 0. The van der Waals surface area contributed by atoms with Crippen molar-refractivity contribution in [2.75, 3.05) is 13.1 Å². The van der Waals surface area contributed by atoms with E-state index in [9.17, 15) is 14.4 Å². The van der Waals surface area contributed by atoms with Crippen molar-refractivity contribution in [3.05, 3.63) is 112 Å². The number of hydrogen-bond acceptors (Lipinski definition) is 6. The van der Waals surface area contributed by atoms with Crippen molar-refractivity contribution in [1.82, 2.24) is 24.6 Å². The van der Waals surface area contributed by atoms with Gasteiger partial charge in [-0.05, 0) is 43.4 Å². The predicted octanol–water partition coefficient (Wildman–Crippen LogP) is 4.79. The standard InChI is InChI=1S/C29H26ClN5O3/c1-3-33(4-2)17-25-31-32-26(18-34-28(37)21-12-8-9-13-22(21)29(34)38)35(25)24-15-14-20(30)16-23(24)27(36)19-10-6-5-7-11-19/h5-16H,3-4,17-18H2,1-2H3. The van der Waals surface area contributed by atoms with Gasteiger partial charge in [-0.15, -0.1) is 10.2 Å². The molecule has 0 spiro atoms. The average Bonchev–Trinajstić information content (AvgIpc) is 3.45. The number of nitrogens with zero attached hydrogens (tertiary/aromatic N) is 5. The lowest BCUT2D eigenvalue weighted by atomic mass is 10.0. The van der Waals surface area contributed by atoms with Gasteiger partial charge < -0.3 is 0 Å². The lowest BCUT2D eigenvalue weighted by Crippen LogP contribution is -2.31. The third-order valence-electron chi connectivity index (χ3n) is 6.71. The highest BCUT2D eigenvalue weighted by atomic mass is 35.5. The van der Waals surface area contributed by atoms with Crippen molar-refractivity contribution in [3.8, 4) is 5.69 Å². The Labute approximate surface area is 225 Å². The number of benzene rings is 3. The van der Waals surface area contributed by atoms with Crippen LogP contribution in [0.15, 0.2) is 72.8 Å². The van der Waals surface area contributed by atoms with Crippen molar-refractivity contribution in [1.29, 1.82) is 0 Å². The molecular weight excluding hydrogens is 502 g/mol. The van der Waals surface area contributed by atoms with E-state index in [1.165, 1.54) is 4.90 Å². The zero-order valence-corrected chi connectivity index (χ0v) is 21.9. The summed E-state index contributed by atoms with van der Waals surface area (Å²) in [6, 6.07) is 20.8. The number of hydrogen-bond donors (Lipinski definition) is 0. The first-order valence-corrected chi connectivity index (χ1v) is 12.8. The molecule has 8 nitrogen and oxygen atoms in total. The summed E-state index contributed by atoms with van der Waals surface area (Å²) >= 11 is 6.35. The van der Waals surface area contributed by atoms with Crippen LogP contribution in [0.2, 0.25) is 5.02 Å². The van der Waals surface area contributed by atoms with E-state index >= 15 is 0 Å². The van der Waals surface area contributed by atoms with Crippen molar-refractivity contribution < 1.29 is 14.4 Å². The molecule has 0 fully saturated rings. The zero-order chi connectivity index (χ0) is 26.8. The minimum absolute atomic E-state index is 0.0980. The molecule has 192 valence electrons. The molecule has 0 saturated heterocycles. The minimum atomic E-state index is -0.387. The Morgan fingerprint density at radius 3 is 2.08 bits per heavy atom. The normalized spacial score (nSPS) is 12.9. The molecule has 1 aliphatic rings. The van der Waals surface area contributed by atoms with Crippen LogP contribution in [0.4, 0.5) is 0 Å². The van der Waals surface area contributed by atoms with E-state index in [-0.39, 0.29) is 24.1 Å². The van der Waals surface area contributed by atoms with E-state index in [0.717, 1.165) is 13.1 Å². The van der Waals surface area contributed by atoms with Crippen LogP contribution < -0.4 is 0 Å². The van der Waals surface area contributed by atoms with Gasteiger partial charge >= 0.3 is 0 Å². The maximum Gasteiger partial charge on any atom is 0.261 e. The monoisotopic (exact) mass is 527 g/mol. The van der Waals surface area contributed by atoms with Crippen molar-refractivity contribution in [3.63, 3.8) is 0 Å². The largest absolute Gasteiger partial charge is 0.296 e. The number of halogens is 1. The van der Waals surface area contributed by atoms with Crippen molar-refractivity contribution in [2.45, 2.75) is 26.9 Å². The number of carbonyl (C=O) groups is 3. The van der Waals surface area contributed by atoms with Gasteiger partial charge in [0.1, 0.15) is 0 Å². The molecule has 0 unspecified atom stereocenters. The van der Waals surface area contributed by atoms with Crippen LogP contribution in [0.1, 0.15) is 62.1 Å². The van der Waals surface area contributed by atoms with Crippen LogP contribution >= 0.6 is 11.6 Å². The zero-order valence-electron chi connectivity index (χ0n) is 21.1. The fourth-order valence-electron chi connectivity index (χ4n) is 4.64. The van der Waals surface area contributed by atoms with Gasteiger partial charge in [0, 0.05) is 16.1 Å². The van der Waals surface area contributed by atoms with Gasteiger partial charge in [0.2, 0.25) is 0 Å². The summed E-state index contributed by atoms with van der Waals surface area (Å²) < 4.78 is 1.77. The lowest BCUT2D eigenvalue weighted by molar-refractivity contribution is 0.0637. The van der Waals surface area contributed by atoms with Gasteiger partial charge in [0.15, 0.2) is 17.4 Å². The second-order valence-electron chi connectivity index (χ2n) is 8.93. The van der Waals surface area contributed by atoms with E-state index in [1.54, 1.807) is 71.3 Å². The van der Waals surface area contributed by atoms with E-state index in [0.29, 0.717) is 51.2 Å². The van der Waals surface area contributed by atoms with Gasteiger partial charge in [-0.2, -0.15) is 0 Å². The highest BCUT2D eigenvalue weighted by molar-refractivity contribution is 6.31. The smallest absolute Gasteiger partial charge is 0.261 e. The molecule has 0 atom stereocenters. The fraction of sp³-hybridized carbons (Fsp3) is 0.207. The Kier molecular flexibility index (Phi) is 7.18. The molecule has 5 rings (SSSR count). The second-order valence-corrected chi connectivity index (χ2v) is 9.36. The topological polar surface area (TPSA) is 88.4 Å². The van der Waals surface area contributed by atoms with E-state index < -0.39 is 0 Å². The summed E-state index contributed by atoms with van der Waals surface area (Å²) in [5.74, 6) is -0.0302. The third-order valence-corrected chi connectivity index (χ3v) is 6.95. The maximum absolute atomic E-state index is 13.6. The summed E-state index contributed by atoms with van der Waals surface area (Å²) in [6.45, 7) is 6.04. The number of carbonyl (C=O) groups excluding carboxylic acids is 3. The summed E-state index contributed by atoms with van der Waals surface area (Å²) in [5, 5.41) is 9.25. The first-order chi connectivity index (χ1) is 18.4. The molecule has 2 amide bonds. The highest BCUT2D eigenvalue weighted by Gasteiger charge is 2.36. The molecule has 0 saturated carbocycles. The number of amides is 2. The second kappa shape index (κ2) is 10.7. The van der Waals surface area contributed by atoms with Crippen LogP contribution in [0.3, 0.4) is 0 Å². The molecule has 0 aliphatic carbocycles. The molecule has 4 aromatic rings. The van der Waals surface area contributed by atoms with E-state index in [1.807, 2.05) is 6.07 Å². The molecule has 1 aliphatic heterocycles. The molecule has 0 bridgehead atoms. The van der Waals surface area contributed by atoms with Gasteiger partial charge in [0.25, 0.3) is 11.8 Å². The first-order valence-electron chi connectivity index (χ1n) is 12.4. The summed E-state index contributed by atoms with van der Waals surface area (Å²) in [5.41, 5.74) is 2.13. The van der Waals surface area contributed by atoms with Crippen LogP contribution in [0.5, 0.6) is 0 Å². The number of imide groups is 1. The molecule has 38 heavy (non-hydrogen) atoms. The SMILES string of the molecule is CCN(CC)Cc1nnc(CN2C(=O)c3ccccc3C2=O)n1-c1ccc(Cl)cc1C(=O)c1ccccc1. The van der Waals surface area contributed by atoms with E-state index in [2.05, 4.69) is 28.9 Å². The quantitative estimate of drug-likeness (QED) is 0.230. The number of rotatable bonds is 9. The Hall–Kier alpha value is -4.14. The van der Waals surface area contributed by atoms with Gasteiger partial charge in [-0.1, -0.05) is 67.9 Å². The van der Waals surface area contributed by atoms with Crippen LogP contribution in [0.25, 0.3) is 5.69 Å². The maximum atomic E-state index is 13.6. The number of ketones is 1. The summed E-state index contributed by atoms with van der Waals surface area (Å²) in [7, 11) is 0. The average molecular weight is 528 g/mol. The third kappa shape index (κ3) is 4.64. The van der Waals surface area contributed by atoms with Crippen molar-refractivity contribution >= 4 is 29.2 Å². The molecule has 2 heterocycles. The van der Waals surface area contributed by atoms with Gasteiger partial charge in [-0.3, -0.25) is 28.8 Å². The van der Waals surface area contributed by atoms with Crippen molar-refractivity contribution in [2.24, 2.45) is 0 Å². The Bertz CT molecular complexity index is 1490. The van der Waals surface area contributed by atoms with Crippen LogP contribution in [-0.2, 0) is 13.1 Å². The lowest BCUT2D eigenvalue weighted by Gasteiger charge is -2.21. The molecule has 1 aromatic heterocycles. The minimum Gasteiger partial charge on any atom is -0.296 e. The van der Waals surface area contributed by atoms with Gasteiger partial charge in [0.05, 0.1) is 29.9 Å². The summed E-state index contributed by atoms with van der Waals surface area (Å²) in [4.78, 5) is 43.2. The molecular formula is C29H26ClN5O3. The predicted molar refractivity (Wildman–Crippen MR) is 144 cm³/mol.